The average molecular weight is 308 g/mol. The topological polar surface area (TPSA) is 21.3 Å². The van der Waals surface area contributed by atoms with E-state index in [2.05, 4.69) is 5.32 Å². The molecule has 1 N–H and O–H groups in total. The molecular formula is C14H17ClF3NO. The highest BCUT2D eigenvalue weighted by molar-refractivity contribution is 6.32. The number of halogens is 4. The molecule has 1 aliphatic rings. The maximum Gasteiger partial charge on any atom is 0.281 e. The summed E-state index contributed by atoms with van der Waals surface area (Å²) in [6.45, 7) is 2.23. The van der Waals surface area contributed by atoms with Gasteiger partial charge in [0.05, 0.1) is 5.02 Å². The van der Waals surface area contributed by atoms with Gasteiger partial charge in [-0.1, -0.05) is 11.6 Å². The zero-order valence-corrected chi connectivity index (χ0v) is 11.9. The molecule has 6 heteroatoms. The van der Waals surface area contributed by atoms with Gasteiger partial charge in [-0.05, 0) is 44.1 Å². The summed E-state index contributed by atoms with van der Waals surface area (Å²) in [6, 6.07) is 3.50. The highest BCUT2D eigenvalue weighted by atomic mass is 35.5. The predicted molar refractivity (Wildman–Crippen MR) is 72.0 cm³/mol. The molecule has 1 aromatic rings. The van der Waals surface area contributed by atoms with E-state index in [1.165, 1.54) is 6.07 Å². The van der Waals surface area contributed by atoms with Gasteiger partial charge in [-0.15, -0.1) is 0 Å². The van der Waals surface area contributed by atoms with Crippen molar-refractivity contribution < 1.29 is 17.9 Å². The minimum atomic E-state index is -2.99. The number of rotatable bonds is 4. The van der Waals surface area contributed by atoms with Gasteiger partial charge in [0.25, 0.3) is 5.92 Å². The third kappa shape index (κ3) is 3.79. The Balaban J connectivity index is 2.19. The number of nitrogens with one attached hydrogen (secondary N) is 1. The van der Waals surface area contributed by atoms with Crippen LogP contribution >= 0.6 is 11.6 Å². The average Bonchev–Trinajstić information content (AvgIpc) is 2.37. The number of benzene rings is 1. The molecule has 0 amide bonds. The van der Waals surface area contributed by atoms with Crippen LogP contribution in [0.5, 0.6) is 5.75 Å². The Labute approximate surface area is 121 Å². The summed E-state index contributed by atoms with van der Waals surface area (Å²) in [5, 5.41) is 3.14. The van der Waals surface area contributed by atoms with Crippen molar-refractivity contribution in [2.45, 2.75) is 31.8 Å². The van der Waals surface area contributed by atoms with Crippen molar-refractivity contribution in [3.63, 3.8) is 0 Å². The zero-order valence-electron chi connectivity index (χ0n) is 11.1. The van der Waals surface area contributed by atoms with Crippen LogP contribution in [0.25, 0.3) is 0 Å². The van der Waals surface area contributed by atoms with Crippen LogP contribution in [0.2, 0.25) is 5.02 Å². The van der Waals surface area contributed by atoms with Gasteiger partial charge >= 0.3 is 0 Å². The van der Waals surface area contributed by atoms with Gasteiger partial charge in [-0.25, -0.2) is 13.2 Å². The number of hydrogen-bond donors (Lipinski definition) is 1. The monoisotopic (exact) mass is 307 g/mol. The van der Waals surface area contributed by atoms with E-state index >= 15 is 0 Å². The minimum absolute atomic E-state index is 0.00758. The molecule has 2 nitrogen and oxygen atoms in total. The van der Waals surface area contributed by atoms with Crippen molar-refractivity contribution in [3.8, 4) is 5.75 Å². The first-order valence-corrected chi connectivity index (χ1v) is 6.96. The molecule has 1 heterocycles. The fourth-order valence-electron chi connectivity index (χ4n) is 2.47. The van der Waals surface area contributed by atoms with E-state index in [0.717, 1.165) is 19.1 Å². The molecule has 0 radical (unpaired) electrons. The summed E-state index contributed by atoms with van der Waals surface area (Å²) in [4.78, 5) is 0. The molecule has 1 aliphatic heterocycles. The van der Waals surface area contributed by atoms with Crippen LogP contribution in [0.3, 0.4) is 0 Å². The molecule has 0 aromatic heterocycles. The minimum Gasteiger partial charge on any atom is -0.482 e. The van der Waals surface area contributed by atoms with E-state index in [9.17, 15) is 13.2 Å². The molecule has 20 heavy (non-hydrogen) atoms. The zero-order chi connectivity index (χ0) is 14.8. The van der Waals surface area contributed by atoms with E-state index < -0.39 is 17.8 Å². The smallest absolute Gasteiger partial charge is 0.281 e. The van der Waals surface area contributed by atoms with Crippen molar-refractivity contribution in [2.24, 2.45) is 5.92 Å². The van der Waals surface area contributed by atoms with Gasteiger partial charge < -0.3 is 10.1 Å². The Hall–Kier alpha value is -0.940. The maximum absolute atomic E-state index is 13.8. The summed E-state index contributed by atoms with van der Waals surface area (Å²) in [6.07, 6.45) is -0.0210. The lowest BCUT2D eigenvalue weighted by Gasteiger charge is -2.34. The number of piperidine rings is 1. The summed E-state index contributed by atoms with van der Waals surface area (Å²) >= 11 is 5.84. The summed E-state index contributed by atoms with van der Waals surface area (Å²) in [5.41, 5.74) is 0. The van der Waals surface area contributed by atoms with Crippen molar-refractivity contribution >= 4 is 11.6 Å². The van der Waals surface area contributed by atoms with Crippen LogP contribution in [0.1, 0.15) is 19.8 Å². The molecule has 1 unspecified atom stereocenters. The maximum atomic E-state index is 13.8. The molecule has 0 spiro atoms. The standard InChI is InChI=1S/C14H17ClF3NO/c1-14(17,18)13(9-4-6-19-7-5-9)20-12-3-2-10(16)8-11(12)15/h2-3,8-9,13,19H,4-7H2,1H3. The third-order valence-corrected chi connectivity index (χ3v) is 3.75. The molecule has 1 aromatic carbocycles. The molecule has 2 rings (SSSR count). The Morgan fingerprint density at radius 3 is 2.55 bits per heavy atom. The lowest BCUT2D eigenvalue weighted by molar-refractivity contribution is -0.109. The molecule has 1 atom stereocenters. The first kappa shape index (κ1) is 15.4. The molecular weight excluding hydrogens is 291 g/mol. The van der Waals surface area contributed by atoms with E-state index in [1.807, 2.05) is 0 Å². The summed E-state index contributed by atoms with van der Waals surface area (Å²) in [5.74, 6) is -3.67. The fourth-order valence-corrected chi connectivity index (χ4v) is 2.68. The van der Waals surface area contributed by atoms with E-state index in [1.54, 1.807) is 0 Å². The van der Waals surface area contributed by atoms with Gasteiger partial charge in [0, 0.05) is 12.8 Å². The third-order valence-electron chi connectivity index (χ3n) is 3.46. The van der Waals surface area contributed by atoms with Crippen LogP contribution in [-0.2, 0) is 0 Å². The molecule has 0 aliphatic carbocycles. The van der Waals surface area contributed by atoms with E-state index in [-0.39, 0.29) is 16.7 Å². The molecule has 1 fully saturated rings. The van der Waals surface area contributed by atoms with E-state index in [4.69, 9.17) is 16.3 Å². The quantitative estimate of drug-likeness (QED) is 0.911. The van der Waals surface area contributed by atoms with Gasteiger partial charge in [-0.3, -0.25) is 0 Å². The number of hydrogen-bond acceptors (Lipinski definition) is 2. The van der Waals surface area contributed by atoms with Crippen LogP contribution in [0.15, 0.2) is 18.2 Å². The lowest BCUT2D eigenvalue weighted by Crippen LogP contribution is -2.46. The Morgan fingerprint density at radius 1 is 1.35 bits per heavy atom. The predicted octanol–water partition coefficient (Wildman–Crippen LogP) is 3.88. The first-order chi connectivity index (χ1) is 9.38. The second-order valence-corrected chi connectivity index (χ2v) is 5.56. The van der Waals surface area contributed by atoms with Crippen LogP contribution in [0.4, 0.5) is 13.2 Å². The fraction of sp³-hybridized carbons (Fsp3) is 0.571. The largest absolute Gasteiger partial charge is 0.482 e. The second kappa shape index (κ2) is 6.22. The highest BCUT2D eigenvalue weighted by Gasteiger charge is 2.42. The Morgan fingerprint density at radius 2 is 2.00 bits per heavy atom. The van der Waals surface area contributed by atoms with Crippen molar-refractivity contribution in [1.29, 1.82) is 0 Å². The van der Waals surface area contributed by atoms with Crippen molar-refractivity contribution in [1.82, 2.24) is 5.32 Å². The van der Waals surface area contributed by atoms with Crippen LogP contribution in [0, 0.1) is 11.7 Å². The SMILES string of the molecule is CC(F)(F)C(Oc1ccc(F)cc1Cl)C1CCNCC1. The lowest BCUT2D eigenvalue weighted by atomic mass is 9.89. The normalized spacial score (nSPS) is 18.9. The molecule has 0 bridgehead atoms. The number of ether oxygens (including phenoxy) is 1. The van der Waals surface area contributed by atoms with Crippen molar-refractivity contribution in [2.75, 3.05) is 13.1 Å². The summed E-state index contributed by atoms with van der Waals surface area (Å²) in [7, 11) is 0. The first-order valence-electron chi connectivity index (χ1n) is 6.58. The van der Waals surface area contributed by atoms with Gasteiger partial charge in [-0.2, -0.15) is 0 Å². The van der Waals surface area contributed by atoms with Crippen LogP contribution < -0.4 is 10.1 Å². The Kier molecular flexibility index (Phi) is 4.81. The molecule has 112 valence electrons. The molecule has 0 saturated carbocycles. The molecule has 1 saturated heterocycles. The van der Waals surface area contributed by atoms with Gasteiger partial charge in [0.2, 0.25) is 0 Å². The highest BCUT2D eigenvalue weighted by Crippen LogP contribution is 2.35. The van der Waals surface area contributed by atoms with Gasteiger partial charge in [0.15, 0.2) is 6.10 Å². The van der Waals surface area contributed by atoms with E-state index in [0.29, 0.717) is 25.9 Å². The second-order valence-electron chi connectivity index (χ2n) is 5.16. The van der Waals surface area contributed by atoms with Crippen molar-refractivity contribution in [3.05, 3.63) is 29.0 Å². The van der Waals surface area contributed by atoms with Crippen LogP contribution in [-0.4, -0.2) is 25.1 Å². The van der Waals surface area contributed by atoms with Gasteiger partial charge in [0.1, 0.15) is 11.6 Å². The summed E-state index contributed by atoms with van der Waals surface area (Å²) < 4.78 is 46.0. The number of alkyl halides is 2. The Bertz CT molecular complexity index is 458.